The monoisotopic (exact) mass is 323 g/mol. The first kappa shape index (κ1) is 15.9. The van der Waals surface area contributed by atoms with E-state index in [1.807, 2.05) is 20.9 Å². The molecule has 5 nitrogen and oxygen atoms in total. The summed E-state index contributed by atoms with van der Waals surface area (Å²) in [6.07, 6.45) is 0. The van der Waals surface area contributed by atoms with Crippen LogP contribution in [0.3, 0.4) is 0 Å². The van der Waals surface area contributed by atoms with E-state index >= 15 is 0 Å². The van der Waals surface area contributed by atoms with Gasteiger partial charge in [-0.2, -0.15) is 0 Å². The van der Waals surface area contributed by atoms with Crippen molar-refractivity contribution < 1.29 is 0 Å². The minimum atomic E-state index is 0.701. The Morgan fingerprint density at radius 3 is 2.62 bits per heavy atom. The van der Waals surface area contributed by atoms with Crippen LogP contribution in [0.15, 0.2) is 10.4 Å². The zero-order valence-electron chi connectivity index (χ0n) is 13.1. The first-order valence-corrected chi connectivity index (χ1v) is 8.45. The highest BCUT2D eigenvalue weighted by atomic mass is 32.1. The average molecular weight is 323 g/mol. The summed E-state index contributed by atoms with van der Waals surface area (Å²) in [5.74, 6) is 0.853. The van der Waals surface area contributed by atoms with E-state index in [4.69, 9.17) is 0 Å². The lowest BCUT2D eigenvalue weighted by Crippen LogP contribution is -2.38. The van der Waals surface area contributed by atoms with Crippen molar-refractivity contribution >= 4 is 28.6 Å². The Hall–Kier alpha value is -1.47. The molecule has 7 heteroatoms. The summed E-state index contributed by atoms with van der Waals surface area (Å²) in [5.41, 5.74) is 2.18. The van der Waals surface area contributed by atoms with Crippen molar-refractivity contribution in [3.63, 3.8) is 0 Å². The molecule has 2 aromatic heterocycles. The van der Waals surface area contributed by atoms with Crippen molar-refractivity contribution in [3.05, 3.63) is 31.7 Å². The maximum atomic E-state index is 4.53. The topological polar surface area (TPSA) is 53.4 Å². The minimum absolute atomic E-state index is 0.701. The normalized spacial score (nSPS) is 11.8. The zero-order valence-corrected chi connectivity index (χ0v) is 14.7. The van der Waals surface area contributed by atoms with Crippen LogP contribution in [0.5, 0.6) is 0 Å². The number of rotatable bonds is 4. The number of aliphatic imine (C=N–C) groups is 1. The van der Waals surface area contributed by atoms with Gasteiger partial charge in [-0.1, -0.05) is 0 Å². The highest BCUT2D eigenvalue weighted by Crippen LogP contribution is 2.16. The van der Waals surface area contributed by atoms with Crippen molar-refractivity contribution in [2.45, 2.75) is 33.9 Å². The molecule has 2 rings (SSSR count). The van der Waals surface area contributed by atoms with Crippen molar-refractivity contribution in [2.75, 3.05) is 14.1 Å². The van der Waals surface area contributed by atoms with E-state index in [2.05, 4.69) is 37.5 Å². The molecule has 0 radical (unpaired) electrons. The highest BCUT2D eigenvalue weighted by molar-refractivity contribution is 7.11. The Balaban J connectivity index is 1.93. The summed E-state index contributed by atoms with van der Waals surface area (Å²) in [5, 5.41) is 7.62. The summed E-state index contributed by atoms with van der Waals surface area (Å²) >= 11 is 3.40. The lowest BCUT2D eigenvalue weighted by molar-refractivity contribution is 0.470. The largest absolute Gasteiger partial charge is 0.350 e. The first-order chi connectivity index (χ1) is 9.99. The number of nitrogens with zero attached hydrogens (tertiary/aromatic N) is 4. The quantitative estimate of drug-likeness (QED) is 0.694. The Morgan fingerprint density at radius 2 is 2.10 bits per heavy atom. The molecule has 0 amide bonds. The van der Waals surface area contributed by atoms with Gasteiger partial charge in [0, 0.05) is 24.4 Å². The standard InChI is InChI=1S/C14H21N5S2/c1-9-10(2)21-13(17-9)6-16-14(15-4)19(5)7-12-8-20-11(3)18-12/h8H,6-7H2,1-5H3,(H,15,16). The molecule has 1 N–H and O–H groups in total. The summed E-state index contributed by atoms with van der Waals surface area (Å²) in [7, 11) is 3.81. The number of hydrogen-bond acceptors (Lipinski definition) is 5. The fourth-order valence-electron chi connectivity index (χ4n) is 1.95. The van der Waals surface area contributed by atoms with Gasteiger partial charge in [0.25, 0.3) is 0 Å². The van der Waals surface area contributed by atoms with Crippen LogP contribution < -0.4 is 5.32 Å². The Labute approximate surface area is 133 Å². The second kappa shape index (κ2) is 7.00. The molecule has 0 aromatic carbocycles. The van der Waals surface area contributed by atoms with Crippen LogP contribution in [0.1, 0.15) is 26.3 Å². The zero-order chi connectivity index (χ0) is 15.4. The molecule has 0 unspecified atom stereocenters. The van der Waals surface area contributed by atoms with Crippen LogP contribution in [-0.2, 0) is 13.1 Å². The molecular weight excluding hydrogens is 302 g/mol. The first-order valence-electron chi connectivity index (χ1n) is 6.75. The Kier molecular flexibility index (Phi) is 5.30. The van der Waals surface area contributed by atoms with Gasteiger partial charge in [0.05, 0.1) is 29.5 Å². The third-order valence-corrected chi connectivity index (χ3v) is 5.00. The van der Waals surface area contributed by atoms with E-state index in [9.17, 15) is 0 Å². The summed E-state index contributed by atoms with van der Waals surface area (Å²) in [6.45, 7) is 7.61. The lowest BCUT2D eigenvalue weighted by Gasteiger charge is -2.20. The molecule has 0 aliphatic rings. The third kappa shape index (κ3) is 4.25. The average Bonchev–Trinajstić information content (AvgIpc) is 2.97. The van der Waals surface area contributed by atoms with Crippen molar-refractivity contribution in [1.29, 1.82) is 0 Å². The van der Waals surface area contributed by atoms with Crippen LogP contribution in [0.2, 0.25) is 0 Å². The summed E-state index contributed by atoms with van der Waals surface area (Å²) in [6, 6.07) is 0. The number of nitrogens with one attached hydrogen (secondary N) is 1. The van der Waals surface area contributed by atoms with Crippen LogP contribution in [0.4, 0.5) is 0 Å². The molecule has 114 valence electrons. The molecular formula is C14H21N5S2. The van der Waals surface area contributed by atoms with E-state index in [1.54, 1.807) is 29.7 Å². The van der Waals surface area contributed by atoms with Crippen LogP contribution in [-0.4, -0.2) is 34.9 Å². The molecule has 0 spiro atoms. The van der Waals surface area contributed by atoms with Crippen molar-refractivity contribution in [2.24, 2.45) is 4.99 Å². The molecule has 0 saturated heterocycles. The molecule has 2 heterocycles. The molecule has 0 aliphatic heterocycles. The fraction of sp³-hybridized carbons (Fsp3) is 0.500. The Bertz CT molecular complexity index is 610. The summed E-state index contributed by atoms with van der Waals surface area (Å²) in [4.78, 5) is 16.7. The van der Waals surface area contributed by atoms with Crippen molar-refractivity contribution in [3.8, 4) is 0 Å². The molecule has 21 heavy (non-hydrogen) atoms. The molecule has 0 bridgehead atoms. The van der Waals surface area contributed by atoms with E-state index in [0.29, 0.717) is 6.54 Å². The molecule has 0 aliphatic carbocycles. The second-order valence-electron chi connectivity index (χ2n) is 4.86. The van der Waals surface area contributed by atoms with Gasteiger partial charge in [0.1, 0.15) is 5.01 Å². The number of thiazole rings is 2. The SMILES string of the molecule is CN=C(NCc1nc(C)c(C)s1)N(C)Cc1csc(C)n1. The number of aromatic nitrogens is 2. The van der Waals surface area contributed by atoms with E-state index in [-0.39, 0.29) is 0 Å². The Morgan fingerprint density at radius 1 is 1.33 bits per heavy atom. The van der Waals surface area contributed by atoms with Gasteiger partial charge in [0.2, 0.25) is 0 Å². The van der Waals surface area contributed by atoms with Gasteiger partial charge in [-0.25, -0.2) is 9.97 Å². The number of guanidine groups is 1. The van der Waals surface area contributed by atoms with E-state index in [1.165, 1.54) is 4.88 Å². The fourth-order valence-corrected chi connectivity index (χ4v) is 3.43. The molecule has 0 saturated carbocycles. The second-order valence-corrected chi connectivity index (χ2v) is 7.21. The maximum absolute atomic E-state index is 4.53. The smallest absolute Gasteiger partial charge is 0.194 e. The van der Waals surface area contributed by atoms with Crippen LogP contribution in [0.25, 0.3) is 0 Å². The van der Waals surface area contributed by atoms with Crippen LogP contribution >= 0.6 is 22.7 Å². The minimum Gasteiger partial charge on any atom is -0.350 e. The maximum Gasteiger partial charge on any atom is 0.194 e. The van der Waals surface area contributed by atoms with Crippen molar-refractivity contribution in [1.82, 2.24) is 20.2 Å². The van der Waals surface area contributed by atoms with Gasteiger partial charge in [-0.15, -0.1) is 22.7 Å². The molecule has 0 fully saturated rings. The predicted molar refractivity (Wildman–Crippen MR) is 90.1 cm³/mol. The van der Waals surface area contributed by atoms with Crippen LogP contribution in [0, 0.1) is 20.8 Å². The lowest BCUT2D eigenvalue weighted by atomic mass is 10.4. The summed E-state index contributed by atoms with van der Waals surface area (Å²) < 4.78 is 0. The van der Waals surface area contributed by atoms with E-state index < -0.39 is 0 Å². The van der Waals surface area contributed by atoms with Gasteiger partial charge in [-0.05, 0) is 20.8 Å². The number of aryl methyl sites for hydroxylation is 3. The van der Waals surface area contributed by atoms with Gasteiger partial charge >= 0.3 is 0 Å². The molecule has 2 aromatic rings. The van der Waals surface area contributed by atoms with E-state index in [0.717, 1.165) is 33.9 Å². The predicted octanol–water partition coefficient (Wildman–Crippen LogP) is 2.73. The van der Waals surface area contributed by atoms with Gasteiger partial charge < -0.3 is 10.2 Å². The molecule has 0 atom stereocenters. The van der Waals surface area contributed by atoms with Gasteiger partial charge in [0.15, 0.2) is 5.96 Å². The highest BCUT2D eigenvalue weighted by Gasteiger charge is 2.10. The third-order valence-electron chi connectivity index (χ3n) is 3.11. The number of hydrogen-bond donors (Lipinski definition) is 1. The van der Waals surface area contributed by atoms with Gasteiger partial charge in [-0.3, -0.25) is 4.99 Å².